The van der Waals surface area contributed by atoms with Gasteiger partial charge in [-0.1, -0.05) is 30.4 Å². The molecule has 0 heterocycles. The maximum atomic E-state index is 12.4. The van der Waals surface area contributed by atoms with E-state index in [2.05, 4.69) is 11.9 Å². The summed E-state index contributed by atoms with van der Waals surface area (Å²) in [6.45, 7) is 10.7. The molecule has 0 aliphatic rings. The maximum Gasteiger partial charge on any atom is 0.258 e. The number of nitrogens with zero attached hydrogens (tertiary/aromatic N) is 1. The van der Waals surface area contributed by atoms with Gasteiger partial charge in [-0.2, -0.15) is 0 Å². The number of benzene rings is 1. The van der Waals surface area contributed by atoms with Crippen LogP contribution in [0.25, 0.3) is 0 Å². The third kappa shape index (κ3) is 5.13. The molecule has 0 aliphatic carbocycles. The highest BCUT2D eigenvalue weighted by Gasteiger charge is 2.14. The molecule has 0 radical (unpaired) electrons. The van der Waals surface area contributed by atoms with Gasteiger partial charge in [-0.25, -0.2) is 0 Å². The van der Waals surface area contributed by atoms with E-state index < -0.39 is 0 Å². The summed E-state index contributed by atoms with van der Waals surface area (Å²) in [5, 5.41) is 3.12. The molecule has 0 aliphatic heterocycles. The molecular formula is C18H25N3O. The molecule has 1 rings (SSSR count). The van der Waals surface area contributed by atoms with Gasteiger partial charge in [0.1, 0.15) is 0 Å². The highest BCUT2D eigenvalue weighted by atomic mass is 16.2. The van der Waals surface area contributed by atoms with Gasteiger partial charge in [-0.05, 0) is 50.9 Å². The zero-order chi connectivity index (χ0) is 16.5. The van der Waals surface area contributed by atoms with Gasteiger partial charge in [-0.15, -0.1) is 0 Å². The number of carbonyl (C=O) groups excluding carboxylic acids is 1. The average molecular weight is 299 g/mol. The minimum Gasteiger partial charge on any atom is -0.399 e. The van der Waals surface area contributed by atoms with Crippen LogP contribution in [-0.2, 0) is 0 Å². The van der Waals surface area contributed by atoms with Crippen molar-refractivity contribution in [2.75, 3.05) is 13.1 Å². The van der Waals surface area contributed by atoms with E-state index in [1.165, 1.54) is 0 Å². The molecule has 1 aromatic rings. The van der Waals surface area contributed by atoms with Crippen molar-refractivity contribution in [3.8, 4) is 0 Å². The summed E-state index contributed by atoms with van der Waals surface area (Å²) in [4.78, 5) is 14.0. The van der Waals surface area contributed by atoms with Gasteiger partial charge in [-0.3, -0.25) is 4.79 Å². The number of aryl methyl sites for hydroxylation is 1. The molecule has 1 amide bonds. The third-order valence-corrected chi connectivity index (χ3v) is 3.31. The summed E-state index contributed by atoms with van der Waals surface area (Å²) in [5.41, 5.74) is 9.27. The second kappa shape index (κ2) is 8.72. The molecule has 0 spiro atoms. The fourth-order valence-corrected chi connectivity index (χ4v) is 1.83. The number of hydrogen-bond donors (Lipinski definition) is 2. The summed E-state index contributed by atoms with van der Waals surface area (Å²) in [5.74, 6) is -0.0392. The number of carbonyl (C=O) groups is 1. The smallest absolute Gasteiger partial charge is 0.258 e. The van der Waals surface area contributed by atoms with Gasteiger partial charge in [0.25, 0.3) is 5.91 Å². The quantitative estimate of drug-likeness (QED) is 0.601. The fourth-order valence-electron chi connectivity index (χ4n) is 1.83. The van der Waals surface area contributed by atoms with Crippen molar-refractivity contribution in [1.82, 2.24) is 10.2 Å². The first-order valence-corrected chi connectivity index (χ1v) is 7.29. The van der Waals surface area contributed by atoms with Crippen molar-refractivity contribution in [2.45, 2.75) is 20.8 Å². The van der Waals surface area contributed by atoms with Gasteiger partial charge in [0.05, 0.1) is 0 Å². The Hall–Kier alpha value is -2.49. The van der Waals surface area contributed by atoms with Crippen LogP contribution >= 0.6 is 0 Å². The van der Waals surface area contributed by atoms with Crippen LogP contribution in [-0.4, -0.2) is 23.9 Å². The molecule has 0 fully saturated rings. The SMILES string of the molecule is C=CN(CCN/C=C\C(N)=C(C)C)C(=O)c1ccccc1C. The maximum absolute atomic E-state index is 12.4. The van der Waals surface area contributed by atoms with E-state index in [9.17, 15) is 4.79 Å². The van der Waals surface area contributed by atoms with Crippen molar-refractivity contribution in [3.63, 3.8) is 0 Å². The lowest BCUT2D eigenvalue weighted by Gasteiger charge is -2.19. The molecule has 0 saturated carbocycles. The van der Waals surface area contributed by atoms with Crippen LogP contribution in [0, 0.1) is 6.92 Å². The fraction of sp³-hybridized carbons (Fsp3) is 0.278. The van der Waals surface area contributed by atoms with Crippen LogP contribution in [0.5, 0.6) is 0 Å². The molecule has 22 heavy (non-hydrogen) atoms. The minimum absolute atomic E-state index is 0.0392. The van der Waals surface area contributed by atoms with Gasteiger partial charge < -0.3 is 16.0 Å². The van der Waals surface area contributed by atoms with Crippen molar-refractivity contribution >= 4 is 5.91 Å². The summed E-state index contributed by atoms with van der Waals surface area (Å²) in [6, 6.07) is 7.55. The first-order valence-electron chi connectivity index (χ1n) is 7.29. The van der Waals surface area contributed by atoms with E-state index >= 15 is 0 Å². The molecular weight excluding hydrogens is 274 g/mol. The molecule has 0 aromatic heterocycles. The standard InChI is InChI=1S/C18H25N3O/c1-5-21(13-12-20-11-10-17(19)14(2)3)18(22)16-9-7-6-8-15(16)4/h5-11,20H,1,12-13,19H2,2-4H3/b11-10-. The number of nitrogens with two attached hydrogens (primary N) is 1. The average Bonchev–Trinajstić information content (AvgIpc) is 2.50. The Bertz CT molecular complexity index is 584. The molecule has 118 valence electrons. The Balaban J connectivity index is 2.56. The summed E-state index contributed by atoms with van der Waals surface area (Å²) in [7, 11) is 0. The zero-order valence-corrected chi connectivity index (χ0v) is 13.6. The van der Waals surface area contributed by atoms with Crippen molar-refractivity contribution in [3.05, 3.63) is 71.7 Å². The molecule has 1 aromatic carbocycles. The van der Waals surface area contributed by atoms with E-state index in [0.717, 1.165) is 16.8 Å². The Kier molecular flexibility index (Phi) is 6.96. The van der Waals surface area contributed by atoms with Crippen LogP contribution in [0.4, 0.5) is 0 Å². The predicted molar refractivity (Wildman–Crippen MR) is 92.1 cm³/mol. The van der Waals surface area contributed by atoms with Gasteiger partial charge in [0.15, 0.2) is 0 Å². The summed E-state index contributed by atoms with van der Waals surface area (Å²) >= 11 is 0. The molecule has 0 bridgehead atoms. The third-order valence-electron chi connectivity index (χ3n) is 3.31. The number of hydrogen-bond acceptors (Lipinski definition) is 3. The van der Waals surface area contributed by atoms with Crippen LogP contribution < -0.4 is 11.1 Å². The molecule has 4 heteroatoms. The molecule has 0 atom stereocenters. The van der Waals surface area contributed by atoms with E-state index in [-0.39, 0.29) is 5.91 Å². The zero-order valence-electron chi connectivity index (χ0n) is 13.6. The van der Waals surface area contributed by atoms with E-state index in [1.54, 1.807) is 17.3 Å². The number of rotatable bonds is 7. The monoisotopic (exact) mass is 299 g/mol. The largest absolute Gasteiger partial charge is 0.399 e. The number of amides is 1. The van der Waals surface area contributed by atoms with Gasteiger partial charge in [0.2, 0.25) is 0 Å². The first kappa shape index (κ1) is 17.6. The number of nitrogens with one attached hydrogen (secondary N) is 1. The van der Waals surface area contributed by atoms with Crippen LogP contribution in [0.15, 0.2) is 60.6 Å². The molecule has 0 unspecified atom stereocenters. The molecule has 3 N–H and O–H groups in total. The summed E-state index contributed by atoms with van der Waals surface area (Å²) < 4.78 is 0. The van der Waals surface area contributed by atoms with Crippen molar-refractivity contribution in [1.29, 1.82) is 0 Å². The lowest BCUT2D eigenvalue weighted by Crippen LogP contribution is -2.32. The Labute approximate surface area is 133 Å². The minimum atomic E-state index is -0.0392. The molecule has 0 saturated heterocycles. The Morgan fingerprint density at radius 3 is 2.64 bits per heavy atom. The molecule has 4 nitrogen and oxygen atoms in total. The normalized spacial score (nSPS) is 10.3. The van der Waals surface area contributed by atoms with Crippen LogP contribution in [0.2, 0.25) is 0 Å². The van der Waals surface area contributed by atoms with Crippen molar-refractivity contribution in [2.24, 2.45) is 5.73 Å². The van der Waals surface area contributed by atoms with Gasteiger partial charge in [0, 0.05) is 24.4 Å². The predicted octanol–water partition coefficient (Wildman–Crippen LogP) is 2.94. The first-order chi connectivity index (χ1) is 10.5. The van der Waals surface area contributed by atoms with E-state index in [1.807, 2.05) is 51.1 Å². The topological polar surface area (TPSA) is 58.4 Å². The Morgan fingerprint density at radius 1 is 1.36 bits per heavy atom. The lowest BCUT2D eigenvalue weighted by atomic mass is 10.1. The highest BCUT2D eigenvalue weighted by molar-refractivity contribution is 5.96. The van der Waals surface area contributed by atoms with Crippen LogP contribution in [0.1, 0.15) is 29.8 Å². The Morgan fingerprint density at radius 2 is 2.05 bits per heavy atom. The van der Waals surface area contributed by atoms with Crippen molar-refractivity contribution < 1.29 is 4.79 Å². The summed E-state index contributed by atoms with van der Waals surface area (Å²) in [6.07, 6.45) is 5.17. The van der Waals surface area contributed by atoms with Gasteiger partial charge >= 0.3 is 0 Å². The van der Waals surface area contributed by atoms with E-state index in [0.29, 0.717) is 18.7 Å². The lowest BCUT2D eigenvalue weighted by molar-refractivity contribution is 0.0824. The number of allylic oxidation sites excluding steroid dienone is 2. The highest BCUT2D eigenvalue weighted by Crippen LogP contribution is 2.10. The van der Waals surface area contributed by atoms with Crippen LogP contribution in [0.3, 0.4) is 0 Å². The second-order valence-electron chi connectivity index (χ2n) is 5.24. The van der Waals surface area contributed by atoms with E-state index in [4.69, 9.17) is 5.73 Å². The second-order valence-corrected chi connectivity index (χ2v) is 5.24.